The molecule has 5 nitrogen and oxygen atoms in total. The van der Waals surface area contributed by atoms with Crippen molar-refractivity contribution in [2.45, 2.75) is 20.1 Å². The minimum Gasteiger partial charge on any atom is -0.481 e. The highest BCUT2D eigenvalue weighted by Crippen LogP contribution is 1.72. The zero-order valence-electron chi connectivity index (χ0n) is 5.74. The first-order chi connectivity index (χ1) is 4.37. The van der Waals surface area contributed by atoms with Crippen molar-refractivity contribution in [3.8, 4) is 0 Å². The maximum absolute atomic E-state index is 9.64. The third-order valence-electron chi connectivity index (χ3n) is 0.364. The fraction of sp³-hybridized carbons (Fsp3) is 0.600. The number of ketones is 1. The number of carbonyl (C=O) groups is 2. The summed E-state index contributed by atoms with van der Waals surface area (Å²) in [5.74, 6) is -1.46. The maximum atomic E-state index is 9.64. The number of aliphatic hydroxyl groups is 2. The van der Waals surface area contributed by atoms with E-state index in [1.54, 1.807) is 0 Å². The average Bonchev–Trinajstić information content (AvgIpc) is 1.63. The third kappa shape index (κ3) is 27.7. The first kappa shape index (κ1) is 11.8. The van der Waals surface area contributed by atoms with Crippen LogP contribution in [0.25, 0.3) is 0 Å². The van der Waals surface area contributed by atoms with E-state index in [1.807, 2.05) is 0 Å². The molecule has 0 aliphatic heterocycles. The number of hydrogen-bond acceptors (Lipinski definition) is 4. The van der Waals surface area contributed by atoms with Crippen molar-refractivity contribution < 1.29 is 24.9 Å². The van der Waals surface area contributed by atoms with Gasteiger partial charge in [-0.25, -0.2) is 0 Å². The lowest BCUT2D eigenvalue weighted by Gasteiger charge is -1.90. The molecule has 0 aromatic heterocycles. The minimum absolute atomic E-state index is 0.630. The largest absolute Gasteiger partial charge is 0.481 e. The van der Waals surface area contributed by atoms with Gasteiger partial charge in [0.25, 0.3) is 5.97 Å². The van der Waals surface area contributed by atoms with E-state index in [1.165, 1.54) is 0 Å². The van der Waals surface area contributed by atoms with Gasteiger partial charge in [-0.1, -0.05) is 0 Å². The van der Waals surface area contributed by atoms with Gasteiger partial charge < -0.3 is 15.3 Å². The van der Waals surface area contributed by atoms with Crippen LogP contribution in [0.4, 0.5) is 0 Å². The van der Waals surface area contributed by atoms with Crippen molar-refractivity contribution in [2.75, 3.05) is 0 Å². The van der Waals surface area contributed by atoms with Crippen LogP contribution in [0.5, 0.6) is 0 Å². The molecule has 0 heterocycles. The highest BCUT2D eigenvalue weighted by molar-refractivity contribution is 5.78. The fourth-order valence-electron chi connectivity index (χ4n) is 0. The molecule has 0 saturated heterocycles. The molecule has 0 aromatic rings. The third-order valence-corrected chi connectivity index (χ3v) is 0.364. The molecule has 0 fully saturated rings. The molecule has 0 aromatic carbocycles. The van der Waals surface area contributed by atoms with E-state index < -0.39 is 18.0 Å². The van der Waals surface area contributed by atoms with Crippen LogP contribution in [-0.2, 0) is 9.59 Å². The topological polar surface area (TPSA) is 94.8 Å². The fourth-order valence-corrected chi connectivity index (χ4v) is 0. The van der Waals surface area contributed by atoms with E-state index in [2.05, 4.69) is 0 Å². The highest BCUT2D eigenvalue weighted by atomic mass is 16.5. The molecule has 10 heavy (non-hydrogen) atoms. The maximum Gasteiger partial charge on any atom is 0.300 e. The van der Waals surface area contributed by atoms with Gasteiger partial charge in [0.1, 0.15) is 0 Å². The van der Waals surface area contributed by atoms with Gasteiger partial charge >= 0.3 is 0 Å². The van der Waals surface area contributed by atoms with E-state index in [0.29, 0.717) is 0 Å². The van der Waals surface area contributed by atoms with E-state index >= 15 is 0 Å². The van der Waals surface area contributed by atoms with E-state index in [9.17, 15) is 4.79 Å². The van der Waals surface area contributed by atoms with Crippen molar-refractivity contribution in [1.29, 1.82) is 0 Å². The lowest BCUT2D eigenvalue weighted by molar-refractivity contribution is -0.142. The number of hydrogen-bond donors (Lipinski definition) is 3. The van der Waals surface area contributed by atoms with Crippen molar-refractivity contribution in [3.05, 3.63) is 0 Å². The first-order valence-electron chi connectivity index (χ1n) is 2.44. The Labute approximate surface area is 57.9 Å². The van der Waals surface area contributed by atoms with Gasteiger partial charge in [0.15, 0.2) is 5.78 Å². The monoisotopic (exact) mass is 150 g/mol. The Morgan fingerprint density at radius 3 is 1.30 bits per heavy atom. The second-order valence-corrected chi connectivity index (χ2v) is 1.50. The van der Waals surface area contributed by atoms with Crippen LogP contribution in [-0.4, -0.2) is 33.4 Å². The molecule has 0 saturated carbocycles. The zero-order valence-corrected chi connectivity index (χ0v) is 5.74. The number of rotatable bonds is 1. The van der Waals surface area contributed by atoms with Crippen molar-refractivity contribution >= 4 is 11.8 Å². The molecule has 0 spiro atoms. The molecular formula is C5H10O5. The Kier molecular flexibility index (Phi) is 7.30. The van der Waals surface area contributed by atoms with E-state index in [-0.39, 0.29) is 0 Å². The highest BCUT2D eigenvalue weighted by Gasteiger charge is 1.99. The van der Waals surface area contributed by atoms with Gasteiger partial charge in [0, 0.05) is 6.92 Å². The normalized spacial score (nSPS) is 8.10. The molecule has 5 heteroatoms. The minimum atomic E-state index is -1.79. The predicted molar refractivity (Wildman–Crippen MR) is 32.2 cm³/mol. The summed E-state index contributed by atoms with van der Waals surface area (Å²) in [6.45, 7) is 2.19. The molecule has 0 radical (unpaired) electrons. The second kappa shape index (κ2) is 6.18. The van der Waals surface area contributed by atoms with Crippen LogP contribution in [0.1, 0.15) is 13.8 Å². The molecule has 0 unspecified atom stereocenters. The standard InChI is InChI=1S/C3H6O3.C2H4O2/c1-2(4)3(5)6;1-2(3)4/h3,5-6H,1H3;1H3,(H,3,4). The summed E-state index contributed by atoms with van der Waals surface area (Å²) in [6, 6.07) is 0. The molecule has 0 amide bonds. The van der Waals surface area contributed by atoms with Gasteiger partial charge in [-0.05, 0) is 6.92 Å². The molecule has 3 N–H and O–H groups in total. The molecule has 0 rings (SSSR count). The summed E-state index contributed by atoms with van der Waals surface area (Å²) >= 11 is 0. The first-order valence-corrected chi connectivity index (χ1v) is 2.44. The number of carbonyl (C=O) groups excluding carboxylic acids is 1. The Morgan fingerprint density at radius 1 is 1.20 bits per heavy atom. The van der Waals surface area contributed by atoms with Crippen LogP contribution in [0.2, 0.25) is 0 Å². The van der Waals surface area contributed by atoms with Crippen molar-refractivity contribution in [2.24, 2.45) is 0 Å². The summed E-state index contributed by atoms with van der Waals surface area (Å²) in [4.78, 5) is 18.6. The van der Waals surface area contributed by atoms with Crippen LogP contribution < -0.4 is 0 Å². The van der Waals surface area contributed by atoms with Gasteiger partial charge in [-0.15, -0.1) is 0 Å². The molecule has 0 atom stereocenters. The van der Waals surface area contributed by atoms with Gasteiger partial charge in [0.2, 0.25) is 6.29 Å². The van der Waals surface area contributed by atoms with Gasteiger partial charge in [0.05, 0.1) is 0 Å². The van der Waals surface area contributed by atoms with E-state index in [4.69, 9.17) is 20.1 Å². The average molecular weight is 150 g/mol. The van der Waals surface area contributed by atoms with Crippen LogP contribution >= 0.6 is 0 Å². The smallest absolute Gasteiger partial charge is 0.300 e. The van der Waals surface area contributed by atoms with Crippen LogP contribution in [0, 0.1) is 0 Å². The molecular weight excluding hydrogens is 140 g/mol. The predicted octanol–water partition coefficient (Wildman–Crippen LogP) is -1.02. The molecule has 0 aliphatic carbocycles. The lowest BCUT2D eigenvalue weighted by atomic mass is 10.4. The van der Waals surface area contributed by atoms with Crippen molar-refractivity contribution in [1.82, 2.24) is 0 Å². The quantitative estimate of drug-likeness (QED) is 0.416. The SMILES string of the molecule is CC(=O)C(O)O.CC(=O)O. The summed E-state index contributed by atoms with van der Waals surface area (Å²) in [6.07, 6.45) is -1.79. The number of carboxylic acids is 1. The van der Waals surface area contributed by atoms with Crippen LogP contribution in [0.3, 0.4) is 0 Å². The Balaban J connectivity index is 0. The summed E-state index contributed by atoms with van der Waals surface area (Å²) < 4.78 is 0. The molecule has 0 aliphatic rings. The van der Waals surface area contributed by atoms with Gasteiger partial charge in [-0.2, -0.15) is 0 Å². The van der Waals surface area contributed by atoms with Gasteiger partial charge in [-0.3, -0.25) is 9.59 Å². The molecule has 0 bridgehead atoms. The number of aliphatic hydroxyl groups excluding tert-OH is 1. The number of aliphatic carboxylic acids is 1. The summed E-state index contributed by atoms with van der Waals surface area (Å²) in [5.41, 5.74) is 0. The Hall–Kier alpha value is -0.940. The zero-order chi connectivity index (χ0) is 8.73. The summed E-state index contributed by atoms with van der Waals surface area (Å²) in [5, 5.41) is 23.1. The van der Waals surface area contributed by atoms with Crippen molar-refractivity contribution in [3.63, 3.8) is 0 Å². The number of carboxylic acid groups (broad SMARTS) is 1. The summed E-state index contributed by atoms with van der Waals surface area (Å²) in [7, 11) is 0. The Morgan fingerprint density at radius 2 is 1.30 bits per heavy atom. The second-order valence-electron chi connectivity index (χ2n) is 1.50. The molecule has 60 valence electrons. The van der Waals surface area contributed by atoms with E-state index in [0.717, 1.165) is 13.8 Å². The number of Topliss-reactive ketones (excluding diaryl/α,β-unsaturated/α-hetero) is 1. The Bertz CT molecular complexity index is 113. The van der Waals surface area contributed by atoms with Crippen LogP contribution in [0.15, 0.2) is 0 Å². The lowest BCUT2D eigenvalue weighted by Crippen LogP contribution is -2.14.